The summed E-state index contributed by atoms with van der Waals surface area (Å²) in [5, 5.41) is 7.62. The van der Waals surface area contributed by atoms with Crippen molar-refractivity contribution >= 4 is 27.9 Å². The lowest BCUT2D eigenvalue weighted by atomic mass is 10.2. The minimum atomic E-state index is -3.63. The van der Waals surface area contributed by atoms with Gasteiger partial charge in [-0.3, -0.25) is 0 Å². The van der Waals surface area contributed by atoms with Gasteiger partial charge in [0.05, 0.1) is 35.7 Å². The Kier molecular flexibility index (Phi) is 6.73. The monoisotopic (exact) mass is 473 g/mol. The number of aromatic nitrogens is 1. The molecule has 0 amide bonds. The first kappa shape index (κ1) is 23.3. The third-order valence-corrected chi connectivity index (χ3v) is 7.98. The van der Waals surface area contributed by atoms with Crippen LogP contribution in [0, 0.1) is 13.8 Å². The molecule has 178 valence electrons. The number of hydrogen-bond acceptors (Lipinski definition) is 6. The summed E-state index contributed by atoms with van der Waals surface area (Å²) in [6, 6.07) is 7.42. The second-order valence-corrected chi connectivity index (χ2v) is 10.2. The number of morpholine rings is 1. The van der Waals surface area contributed by atoms with Crippen molar-refractivity contribution in [3.05, 3.63) is 41.2 Å². The molecule has 2 aliphatic heterocycles. The highest BCUT2D eigenvalue weighted by atomic mass is 32.2. The van der Waals surface area contributed by atoms with Gasteiger partial charge < -0.3 is 25.7 Å². The van der Waals surface area contributed by atoms with Crippen LogP contribution in [-0.4, -0.2) is 68.9 Å². The van der Waals surface area contributed by atoms with Crippen LogP contribution in [0.2, 0.25) is 0 Å². The lowest BCUT2D eigenvalue weighted by Gasteiger charge is -2.28. The Balaban J connectivity index is 1.82. The van der Waals surface area contributed by atoms with E-state index in [2.05, 4.69) is 19.7 Å². The molecule has 11 heteroatoms. The third-order valence-electron chi connectivity index (χ3n) is 6.08. The van der Waals surface area contributed by atoms with Gasteiger partial charge in [0.25, 0.3) is 0 Å². The molecular weight excluding hydrogens is 442 g/mol. The maximum atomic E-state index is 13.4. The number of aryl methyl sites for hydroxylation is 1. The Bertz CT molecular complexity index is 1170. The van der Waals surface area contributed by atoms with E-state index in [9.17, 15) is 8.42 Å². The van der Waals surface area contributed by atoms with Crippen LogP contribution >= 0.6 is 0 Å². The number of sulfonamides is 1. The number of nitrogens with two attached hydrogens (primary N) is 2. The molecule has 33 heavy (non-hydrogen) atoms. The minimum absolute atomic E-state index is 0.114. The molecule has 0 unspecified atom stereocenters. The Morgan fingerprint density at radius 2 is 1.73 bits per heavy atom. The number of rotatable bonds is 6. The molecule has 2 saturated heterocycles. The van der Waals surface area contributed by atoms with Gasteiger partial charge in [0, 0.05) is 43.1 Å². The first-order valence-corrected chi connectivity index (χ1v) is 12.5. The van der Waals surface area contributed by atoms with Crippen LogP contribution in [0.4, 0.5) is 5.69 Å². The van der Waals surface area contributed by atoms with E-state index in [1.165, 1.54) is 4.31 Å². The van der Waals surface area contributed by atoms with Crippen LogP contribution in [0.1, 0.15) is 29.8 Å². The van der Waals surface area contributed by atoms with Gasteiger partial charge in [-0.25, -0.2) is 8.42 Å². The predicted octanol–water partition coefficient (Wildman–Crippen LogP) is 1.32. The van der Waals surface area contributed by atoms with Gasteiger partial charge in [-0.1, -0.05) is 0 Å². The van der Waals surface area contributed by atoms with Gasteiger partial charge >= 0.3 is 0 Å². The van der Waals surface area contributed by atoms with Gasteiger partial charge in [0.15, 0.2) is 0 Å². The summed E-state index contributed by atoms with van der Waals surface area (Å²) in [7, 11) is -3.63. The predicted molar refractivity (Wildman–Crippen MR) is 130 cm³/mol. The van der Waals surface area contributed by atoms with E-state index < -0.39 is 10.0 Å². The second kappa shape index (κ2) is 9.54. The van der Waals surface area contributed by atoms with Crippen molar-refractivity contribution in [2.75, 3.05) is 44.3 Å². The molecule has 0 saturated carbocycles. The molecule has 2 aliphatic rings. The Morgan fingerprint density at radius 3 is 2.39 bits per heavy atom. The fourth-order valence-electron chi connectivity index (χ4n) is 4.45. The van der Waals surface area contributed by atoms with Crippen molar-refractivity contribution in [1.82, 2.24) is 8.87 Å². The summed E-state index contributed by atoms with van der Waals surface area (Å²) in [6.45, 7) is 7.39. The number of guanidine groups is 1. The van der Waals surface area contributed by atoms with Gasteiger partial charge in [-0.05, 0) is 51.0 Å². The van der Waals surface area contributed by atoms with Crippen molar-refractivity contribution in [1.29, 1.82) is 0 Å². The molecule has 0 spiro atoms. The Hall–Kier alpha value is -2.89. The van der Waals surface area contributed by atoms with Crippen LogP contribution < -0.4 is 16.4 Å². The zero-order valence-electron chi connectivity index (χ0n) is 19.1. The maximum absolute atomic E-state index is 13.4. The summed E-state index contributed by atoms with van der Waals surface area (Å²) >= 11 is 0. The number of anilines is 1. The van der Waals surface area contributed by atoms with Crippen LogP contribution in [0.25, 0.3) is 5.69 Å². The molecule has 2 fully saturated rings. The average Bonchev–Trinajstić information content (AvgIpc) is 3.42. The summed E-state index contributed by atoms with van der Waals surface area (Å²) < 4.78 is 35.6. The molecule has 1 aromatic heterocycles. The van der Waals surface area contributed by atoms with Gasteiger partial charge in [0.2, 0.25) is 16.0 Å². The van der Waals surface area contributed by atoms with Gasteiger partial charge in [-0.15, -0.1) is 5.10 Å². The van der Waals surface area contributed by atoms with Crippen molar-refractivity contribution in [3.8, 4) is 5.69 Å². The first-order valence-electron chi connectivity index (χ1n) is 11.1. The first-order chi connectivity index (χ1) is 15.8. The molecule has 0 atom stereocenters. The van der Waals surface area contributed by atoms with E-state index in [4.69, 9.17) is 16.2 Å². The van der Waals surface area contributed by atoms with E-state index in [1.54, 1.807) is 18.3 Å². The molecule has 4 rings (SSSR count). The topological polar surface area (TPSA) is 132 Å². The van der Waals surface area contributed by atoms with Crippen molar-refractivity contribution in [3.63, 3.8) is 0 Å². The molecule has 0 aliphatic carbocycles. The maximum Gasteiger partial charge on any atom is 0.243 e. The lowest BCUT2D eigenvalue weighted by molar-refractivity contribution is 0.0730. The number of benzene rings is 1. The number of hydrogen-bond donors (Lipinski definition) is 2. The minimum Gasteiger partial charge on any atom is -0.379 e. The van der Waals surface area contributed by atoms with E-state index >= 15 is 0 Å². The zero-order chi connectivity index (χ0) is 23.6. The molecule has 4 N–H and O–H groups in total. The molecular formula is C22H31N7O3S. The highest BCUT2D eigenvalue weighted by molar-refractivity contribution is 7.89. The normalized spacial score (nSPS) is 17.7. The van der Waals surface area contributed by atoms with Gasteiger partial charge in [0.1, 0.15) is 0 Å². The Labute approximate surface area is 194 Å². The fraction of sp³-hybridized carbons (Fsp3) is 0.455. The van der Waals surface area contributed by atoms with E-state index in [0.717, 1.165) is 54.3 Å². The molecule has 1 aromatic carbocycles. The van der Waals surface area contributed by atoms with Crippen molar-refractivity contribution < 1.29 is 13.2 Å². The van der Waals surface area contributed by atoms with E-state index in [-0.39, 0.29) is 10.9 Å². The van der Waals surface area contributed by atoms with Crippen LogP contribution in [-0.2, 0) is 14.8 Å². The standard InChI is InChI=1S/C22H31N7O3S/c1-16-13-18(15-25-26-22(23)24)17(2)29(16)21-14-19(5-6-20(21)27-7-3-4-8-27)33(30,31)28-9-11-32-12-10-28/h5-6,13-15H,3-4,7-12H2,1-2H3,(H4,23,24,26)/b25-15-. The molecule has 0 bridgehead atoms. The molecule has 2 aromatic rings. The van der Waals surface area contributed by atoms with Crippen molar-refractivity contribution in [2.24, 2.45) is 21.7 Å². The summed E-state index contributed by atoms with van der Waals surface area (Å²) in [4.78, 5) is 2.59. The van der Waals surface area contributed by atoms with Crippen LogP contribution in [0.5, 0.6) is 0 Å². The van der Waals surface area contributed by atoms with Crippen LogP contribution in [0.15, 0.2) is 39.4 Å². The number of ether oxygens (including phenoxy) is 1. The smallest absolute Gasteiger partial charge is 0.243 e. The van der Waals surface area contributed by atoms with E-state index in [1.807, 2.05) is 26.0 Å². The molecule has 10 nitrogen and oxygen atoms in total. The quantitative estimate of drug-likeness (QED) is 0.370. The average molecular weight is 474 g/mol. The Morgan fingerprint density at radius 1 is 1.03 bits per heavy atom. The molecule has 0 radical (unpaired) electrons. The highest BCUT2D eigenvalue weighted by Gasteiger charge is 2.28. The highest BCUT2D eigenvalue weighted by Crippen LogP contribution is 2.34. The van der Waals surface area contributed by atoms with Gasteiger partial charge in [-0.2, -0.15) is 9.41 Å². The SMILES string of the molecule is Cc1cc(/C=N\N=C(N)N)c(C)n1-c1cc(S(=O)(=O)N2CCOCC2)ccc1N1CCCC1. The zero-order valence-corrected chi connectivity index (χ0v) is 19.9. The number of nitrogens with zero attached hydrogens (tertiary/aromatic N) is 5. The van der Waals surface area contributed by atoms with Crippen LogP contribution in [0.3, 0.4) is 0 Å². The van der Waals surface area contributed by atoms with Crippen molar-refractivity contribution in [2.45, 2.75) is 31.6 Å². The largest absolute Gasteiger partial charge is 0.379 e. The summed E-state index contributed by atoms with van der Waals surface area (Å²) in [5.74, 6) is -0.114. The van der Waals surface area contributed by atoms with E-state index in [0.29, 0.717) is 26.3 Å². The second-order valence-electron chi connectivity index (χ2n) is 8.29. The third kappa shape index (κ3) is 4.75. The summed E-state index contributed by atoms with van der Waals surface area (Å²) in [5.41, 5.74) is 15.3. The lowest BCUT2D eigenvalue weighted by Crippen LogP contribution is -2.40. The summed E-state index contributed by atoms with van der Waals surface area (Å²) in [6.07, 6.45) is 3.84. The fourth-order valence-corrected chi connectivity index (χ4v) is 5.88. The molecule has 3 heterocycles.